The minimum atomic E-state index is -4.86. The molecule has 30 heavy (non-hydrogen) atoms. The normalized spacial score (nSPS) is 11.1. The third-order valence-electron chi connectivity index (χ3n) is 3.91. The largest absolute Gasteiger partial charge is 0.573 e. The van der Waals surface area contributed by atoms with Crippen molar-refractivity contribution in [1.82, 2.24) is 4.98 Å². The molecule has 10 heteroatoms. The summed E-state index contributed by atoms with van der Waals surface area (Å²) in [6, 6.07) is 10.7. The first-order valence-corrected chi connectivity index (χ1v) is 9.48. The molecule has 1 N–H and O–H groups in total. The van der Waals surface area contributed by atoms with Crippen LogP contribution >= 0.6 is 11.3 Å². The summed E-state index contributed by atoms with van der Waals surface area (Å²) in [6.07, 6.45) is -4.96. The highest BCUT2D eigenvalue weighted by Crippen LogP contribution is 2.34. The Hall–Kier alpha value is -3.27. The molecule has 0 aliphatic heterocycles. The van der Waals surface area contributed by atoms with E-state index in [1.807, 2.05) is 6.07 Å². The zero-order valence-corrected chi connectivity index (χ0v) is 16.8. The number of hydrogen-bond acceptors (Lipinski definition) is 6. The van der Waals surface area contributed by atoms with Crippen LogP contribution in [0.3, 0.4) is 0 Å². The maximum absolute atomic E-state index is 12.5. The van der Waals surface area contributed by atoms with E-state index >= 15 is 0 Å². The molecule has 0 aliphatic carbocycles. The minimum Gasteiger partial charge on any atom is -0.493 e. The Bertz CT molecular complexity index is 1040. The number of rotatable bonds is 7. The molecular weight excluding hydrogens is 421 g/mol. The highest BCUT2D eigenvalue weighted by atomic mass is 32.1. The molecule has 0 atom stereocenters. The van der Waals surface area contributed by atoms with Gasteiger partial charge in [-0.2, -0.15) is 0 Å². The molecule has 0 aliphatic rings. The summed E-state index contributed by atoms with van der Waals surface area (Å²) in [6.45, 7) is 0. The van der Waals surface area contributed by atoms with Gasteiger partial charge in [0.25, 0.3) is 0 Å². The number of aromatic nitrogens is 1. The van der Waals surface area contributed by atoms with Crippen molar-refractivity contribution >= 4 is 22.9 Å². The van der Waals surface area contributed by atoms with Gasteiger partial charge in [-0.05, 0) is 30.3 Å². The molecule has 1 aromatic heterocycles. The molecule has 0 radical (unpaired) electrons. The Kier molecular flexibility index (Phi) is 6.46. The summed E-state index contributed by atoms with van der Waals surface area (Å²) < 4.78 is 52.0. The van der Waals surface area contributed by atoms with E-state index in [1.165, 1.54) is 43.8 Å². The number of methoxy groups -OCH3 is 2. The summed E-state index contributed by atoms with van der Waals surface area (Å²) in [4.78, 5) is 16.7. The molecular formula is C20H17F3N2O4S. The molecule has 158 valence electrons. The van der Waals surface area contributed by atoms with Crippen molar-refractivity contribution < 1.29 is 32.2 Å². The van der Waals surface area contributed by atoms with Crippen LogP contribution in [0.15, 0.2) is 47.8 Å². The van der Waals surface area contributed by atoms with Crippen LogP contribution in [0.25, 0.3) is 10.6 Å². The molecule has 3 aromatic rings. The van der Waals surface area contributed by atoms with Gasteiger partial charge >= 0.3 is 6.36 Å². The summed E-state index contributed by atoms with van der Waals surface area (Å²) >= 11 is 1.33. The van der Waals surface area contributed by atoms with Crippen LogP contribution < -0.4 is 19.5 Å². The van der Waals surface area contributed by atoms with Crippen molar-refractivity contribution in [3.63, 3.8) is 0 Å². The molecule has 3 rings (SSSR count). The predicted octanol–water partition coefficient (Wildman–Crippen LogP) is 4.91. The fourth-order valence-corrected chi connectivity index (χ4v) is 3.45. The van der Waals surface area contributed by atoms with Gasteiger partial charge < -0.3 is 19.5 Å². The van der Waals surface area contributed by atoms with Crippen molar-refractivity contribution in [2.24, 2.45) is 0 Å². The highest BCUT2D eigenvalue weighted by molar-refractivity contribution is 7.13. The number of nitrogens with zero attached hydrogens (tertiary/aromatic N) is 1. The van der Waals surface area contributed by atoms with E-state index in [1.54, 1.807) is 17.5 Å². The number of alkyl halides is 3. The average Bonchev–Trinajstić information content (AvgIpc) is 3.16. The Morgan fingerprint density at radius 1 is 1.07 bits per heavy atom. The molecule has 0 saturated heterocycles. The number of anilines is 1. The highest BCUT2D eigenvalue weighted by Gasteiger charge is 2.32. The molecule has 0 bridgehead atoms. The van der Waals surface area contributed by atoms with Crippen LogP contribution in [0.2, 0.25) is 0 Å². The average molecular weight is 438 g/mol. The Labute approximate surface area is 174 Å². The maximum Gasteiger partial charge on any atom is 0.573 e. The predicted molar refractivity (Wildman–Crippen MR) is 106 cm³/mol. The van der Waals surface area contributed by atoms with E-state index in [9.17, 15) is 18.0 Å². The summed E-state index contributed by atoms with van der Waals surface area (Å²) in [5.41, 5.74) is 1.19. The van der Waals surface area contributed by atoms with Gasteiger partial charge in [0, 0.05) is 10.9 Å². The van der Waals surface area contributed by atoms with Crippen molar-refractivity contribution in [3.8, 4) is 27.8 Å². The quantitative estimate of drug-likeness (QED) is 0.568. The summed E-state index contributed by atoms with van der Waals surface area (Å²) in [7, 11) is 3.06. The second kappa shape index (κ2) is 9.04. The smallest absolute Gasteiger partial charge is 0.493 e. The topological polar surface area (TPSA) is 69.7 Å². The molecule has 0 spiro atoms. The molecule has 0 unspecified atom stereocenters. The number of ether oxygens (including phenoxy) is 3. The first kappa shape index (κ1) is 21.4. The standard InChI is InChI=1S/C20H17F3N2O4S/c1-27-16-8-7-12(9-17(16)28-2)19-24-13(11-30-19)10-18(26)25-14-5-3-4-6-15(14)29-20(21,22)23/h3-9,11H,10H2,1-2H3,(H,25,26). The van der Waals surface area contributed by atoms with E-state index < -0.39 is 18.0 Å². The van der Waals surface area contributed by atoms with E-state index in [-0.39, 0.29) is 12.1 Å². The van der Waals surface area contributed by atoms with Gasteiger partial charge in [-0.15, -0.1) is 24.5 Å². The molecule has 1 amide bonds. The number of thiazole rings is 1. The van der Waals surface area contributed by atoms with Crippen LogP contribution in [0, 0.1) is 0 Å². The van der Waals surface area contributed by atoms with E-state index in [0.29, 0.717) is 22.2 Å². The third-order valence-corrected chi connectivity index (χ3v) is 4.85. The van der Waals surface area contributed by atoms with Gasteiger partial charge in [0.15, 0.2) is 17.2 Å². The van der Waals surface area contributed by atoms with Crippen LogP contribution in [-0.4, -0.2) is 31.5 Å². The Morgan fingerprint density at radius 3 is 2.50 bits per heavy atom. The lowest BCUT2D eigenvalue weighted by atomic mass is 10.2. The second-order valence-corrected chi connectivity index (χ2v) is 6.84. The van der Waals surface area contributed by atoms with Crippen molar-refractivity contribution in [2.45, 2.75) is 12.8 Å². The lowest BCUT2D eigenvalue weighted by molar-refractivity contribution is -0.274. The van der Waals surface area contributed by atoms with Crippen LogP contribution in [0.4, 0.5) is 18.9 Å². The van der Waals surface area contributed by atoms with E-state index in [2.05, 4.69) is 15.0 Å². The van der Waals surface area contributed by atoms with Crippen molar-refractivity contribution in [1.29, 1.82) is 0 Å². The second-order valence-electron chi connectivity index (χ2n) is 5.98. The lowest BCUT2D eigenvalue weighted by Crippen LogP contribution is -2.20. The van der Waals surface area contributed by atoms with E-state index in [4.69, 9.17) is 9.47 Å². The van der Waals surface area contributed by atoms with Gasteiger partial charge in [0.2, 0.25) is 5.91 Å². The van der Waals surface area contributed by atoms with Gasteiger partial charge in [-0.25, -0.2) is 4.98 Å². The fourth-order valence-electron chi connectivity index (χ4n) is 2.63. The number of hydrogen-bond donors (Lipinski definition) is 1. The fraction of sp³-hybridized carbons (Fsp3) is 0.200. The maximum atomic E-state index is 12.5. The number of benzene rings is 2. The molecule has 2 aromatic carbocycles. The first-order chi connectivity index (χ1) is 14.3. The monoisotopic (exact) mass is 438 g/mol. The number of amides is 1. The number of nitrogens with one attached hydrogen (secondary N) is 1. The van der Waals surface area contributed by atoms with Gasteiger partial charge in [-0.3, -0.25) is 4.79 Å². The molecule has 0 saturated carbocycles. The lowest BCUT2D eigenvalue weighted by Gasteiger charge is -2.13. The Morgan fingerprint density at radius 2 is 1.80 bits per heavy atom. The van der Waals surface area contributed by atoms with Gasteiger partial charge in [0.1, 0.15) is 5.01 Å². The van der Waals surface area contributed by atoms with Crippen LogP contribution in [0.5, 0.6) is 17.2 Å². The zero-order chi connectivity index (χ0) is 21.7. The number of carbonyl (C=O) groups is 1. The van der Waals surface area contributed by atoms with Crippen molar-refractivity contribution in [2.75, 3.05) is 19.5 Å². The SMILES string of the molecule is COc1ccc(-c2nc(CC(=O)Nc3ccccc3OC(F)(F)F)cs2)cc1OC. The minimum absolute atomic E-state index is 0.0739. The van der Waals surface area contributed by atoms with Crippen LogP contribution in [0.1, 0.15) is 5.69 Å². The Balaban J connectivity index is 1.71. The zero-order valence-electron chi connectivity index (χ0n) is 15.9. The van der Waals surface area contributed by atoms with E-state index in [0.717, 1.165) is 11.6 Å². The van der Waals surface area contributed by atoms with Crippen molar-refractivity contribution in [3.05, 3.63) is 53.5 Å². The number of halogens is 3. The molecule has 6 nitrogen and oxygen atoms in total. The third kappa shape index (κ3) is 5.41. The molecule has 1 heterocycles. The molecule has 0 fully saturated rings. The van der Waals surface area contributed by atoms with Gasteiger partial charge in [0.05, 0.1) is 32.0 Å². The van der Waals surface area contributed by atoms with Gasteiger partial charge in [-0.1, -0.05) is 12.1 Å². The number of carbonyl (C=O) groups excluding carboxylic acids is 1. The first-order valence-electron chi connectivity index (χ1n) is 8.60. The summed E-state index contributed by atoms with van der Waals surface area (Å²) in [5.74, 6) is 0.128. The van der Waals surface area contributed by atoms with Crippen LogP contribution in [-0.2, 0) is 11.2 Å². The number of para-hydroxylation sites is 2. The summed E-state index contributed by atoms with van der Waals surface area (Å²) in [5, 5.41) is 4.81.